The zero-order chi connectivity index (χ0) is 20.7. The summed E-state index contributed by atoms with van der Waals surface area (Å²) in [4.78, 5) is 24.4. The second-order valence-corrected chi connectivity index (χ2v) is 9.75. The summed E-state index contributed by atoms with van der Waals surface area (Å²) in [6, 6.07) is 0. The minimum atomic E-state index is -1.98. The van der Waals surface area contributed by atoms with E-state index >= 15 is 4.39 Å². The number of hydrogen-bond donors (Lipinski definition) is 3. The van der Waals surface area contributed by atoms with Crippen molar-refractivity contribution < 1.29 is 29.3 Å². The van der Waals surface area contributed by atoms with E-state index in [4.69, 9.17) is 0 Å². The van der Waals surface area contributed by atoms with Crippen molar-refractivity contribution in [2.24, 2.45) is 28.6 Å². The number of aliphatic hydroxyl groups is 3. The lowest BCUT2D eigenvalue weighted by molar-refractivity contribution is -0.219. The van der Waals surface area contributed by atoms with Gasteiger partial charge in [0.1, 0.15) is 12.2 Å². The highest BCUT2D eigenvalue weighted by atomic mass is 19.1. The second kappa shape index (κ2) is 5.83. The maximum atomic E-state index is 16.9. The summed E-state index contributed by atoms with van der Waals surface area (Å²) in [7, 11) is 0. The minimum Gasteiger partial charge on any atom is -0.390 e. The van der Waals surface area contributed by atoms with Crippen LogP contribution in [0.5, 0.6) is 0 Å². The van der Waals surface area contributed by atoms with Gasteiger partial charge in [-0.2, -0.15) is 0 Å². The van der Waals surface area contributed by atoms with Crippen molar-refractivity contribution in [1.82, 2.24) is 0 Å². The standard InChI is InChI=1S/C22H29FO5/c1-12-8-16-15-5-4-13-9-14(25)6-7-19(13,2)21(15,23)17(26)10-20(16,3)22(12,28)18(27)11-24/h6-7,9,12,15-17,24,26,28H,4-5,8,10-11H2,1-3H3/t12-,15-,16-,17+,19-,20-,21-,22+/m0/s1. The fourth-order valence-electron chi connectivity index (χ4n) is 7.26. The average Bonchev–Trinajstić information content (AvgIpc) is 2.84. The zero-order valence-corrected chi connectivity index (χ0v) is 16.6. The molecule has 3 N–H and O–H groups in total. The van der Waals surface area contributed by atoms with Crippen LogP contribution in [0.15, 0.2) is 23.8 Å². The summed E-state index contributed by atoms with van der Waals surface area (Å²) in [6.07, 6.45) is 4.44. The molecule has 0 amide bonds. The van der Waals surface area contributed by atoms with Gasteiger partial charge in [-0.3, -0.25) is 9.59 Å². The molecule has 0 aromatic heterocycles. The lowest BCUT2D eigenvalue weighted by Crippen LogP contribution is -2.69. The molecule has 0 aromatic rings. The summed E-state index contributed by atoms with van der Waals surface area (Å²) in [6.45, 7) is 4.48. The molecule has 0 heterocycles. The number of carbonyl (C=O) groups excluding carboxylic acids is 2. The first-order valence-electron chi connectivity index (χ1n) is 10.1. The Hall–Kier alpha value is -1.37. The van der Waals surface area contributed by atoms with Gasteiger partial charge in [0.25, 0.3) is 0 Å². The Morgan fingerprint density at radius 2 is 2.00 bits per heavy atom. The number of halogens is 1. The lowest BCUT2D eigenvalue weighted by Gasteiger charge is -2.62. The van der Waals surface area contributed by atoms with Crippen LogP contribution < -0.4 is 0 Å². The molecule has 154 valence electrons. The van der Waals surface area contributed by atoms with E-state index in [2.05, 4.69) is 0 Å². The Kier molecular flexibility index (Phi) is 4.15. The first-order chi connectivity index (χ1) is 13.0. The summed E-state index contributed by atoms with van der Waals surface area (Å²) in [5.41, 5.74) is -5.17. The molecule has 8 atom stereocenters. The van der Waals surface area contributed by atoms with Crippen molar-refractivity contribution in [1.29, 1.82) is 0 Å². The Morgan fingerprint density at radius 3 is 2.64 bits per heavy atom. The molecule has 4 aliphatic carbocycles. The van der Waals surface area contributed by atoms with Crippen molar-refractivity contribution in [3.05, 3.63) is 23.8 Å². The van der Waals surface area contributed by atoms with Gasteiger partial charge in [0.15, 0.2) is 17.2 Å². The number of ketones is 2. The molecule has 3 fully saturated rings. The van der Waals surface area contributed by atoms with Gasteiger partial charge in [-0.05, 0) is 56.6 Å². The van der Waals surface area contributed by atoms with Crippen LogP contribution in [0, 0.1) is 28.6 Å². The average molecular weight is 392 g/mol. The molecule has 0 bridgehead atoms. The molecule has 4 aliphatic rings. The largest absolute Gasteiger partial charge is 0.390 e. The number of hydrogen-bond acceptors (Lipinski definition) is 5. The van der Waals surface area contributed by atoms with Crippen LogP contribution in [-0.4, -0.2) is 50.9 Å². The number of rotatable bonds is 2. The van der Waals surface area contributed by atoms with Crippen LogP contribution in [0.1, 0.15) is 46.5 Å². The van der Waals surface area contributed by atoms with Gasteiger partial charge in [-0.1, -0.05) is 25.5 Å². The van der Waals surface area contributed by atoms with Crippen molar-refractivity contribution >= 4 is 11.6 Å². The normalized spacial score (nSPS) is 52.5. The third-order valence-electron chi connectivity index (χ3n) is 8.79. The third kappa shape index (κ3) is 2.01. The highest BCUT2D eigenvalue weighted by molar-refractivity contribution is 6.01. The highest BCUT2D eigenvalue weighted by Gasteiger charge is 2.75. The number of fused-ring (bicyclic) bond motifs is 5. The Labute approximate surface area is 164 Å². The number of carbonyl (C=O) groups is 2. The maximum Gasteiger partial charge on any atom is 0.190 e. The second-order valence-electron chi connectivity index (χ2n) is 9.75. The van der Waals surface area contributed by atoms with E-state index in [9.17, 15) is 24.9 Å². The molecular formula is C22H29FO5. The quantitative estimate of drug-likeness (QED) is 0.667. The van der Waals surface area contributed by atoms with Crippen LogP contribution in [-0.2, 0) is 9.59 Å². The van der Waals surface area contributed by atoms with Gasteiger partial charge in [0, 0.05) is 16.7 Å². The number of allylic oxidation sites excluding steroid dienone is 4. The lowest BCUT2D eigenvalue weighted by atomic mass is 9.44. The molecule has 0 spiro atoms. The number of aliphatic hydroxyl groups excluding tert-OH is 2. The molecule has 0 aromatic carbocycles. The first-order valence-corrected chi connectivity index (χ1v) is 10.1. The predicted octanol–water partition coefficient (Wildman–Crippen LogP) is 1.90. The van der Waals surface area contributed by atoms with Gasteiger partial charge >= 0.3 is 0 Å². The smallest absolute Gasteiger partial charge is 0.190 e. The van der Waals surface area contributed by atoms with Gasteiger partial charge in [-0.25, -0.2) is 4.39 Å². The number of alkyl halides is 1. The summed E-state index contributed by atoms with van der Waals surface area (Å²) in [5, 5.41) is 32.0. The molecule has 5 nitrogen and oxygen atoms in total. The summed E-state index contributed by atoms with van der Waals surface area (Å²) < 4.78 is 16.9. The van der Waals surface area contributed by atoms with Crippen LogP contribution in [0.4, 0.5) is 4.39 Å². The predicted molar refractivity (Wildman–Crippen MR) is 99.9 cm³/mol. The van der Waals surface area contributed by atoms with E-state index in [0.717, 1.165) is 0 Å². The fraction of sp³-hybridized carbons (Fsp3) is 0.727. The molecule has 0 radical (unpaired) electrons. The van der Waals surface area contributed by atoms with Gasteiger partial charge in [-0.15, -0.1) is 0 Å². The molecule has 0 saturated heterocycles. The van der Waals surface area contributed by atoms with Gasteiger partial charge < -0.3 is 15.3 Å². The van der Waals surface area contributed by atoms with Crippen molar-refractivity contribution in [3.8, 4) is 0 Å². The van der Waals surface area contributed by atoms with E-state index < -0.39 is 52.4 Å². The molecule has 4 rings (SSSR count). The molecule has 0 unspecified atom stereocenters. The highest BCUT2D eigenvalue weighted by Crippen LogP contribution is 2.70. The van der Waals surface area contributed by atoms with E-state index in [1.807, 2.05) is 0 Å². The third-order valence-corrected chi connectivity index (χ3v) is 8.79. The van der Waals surface area contributed by atoms with Crippen LogP contribution >= 0.6 is 0 Å². The molecule has 28 heavy (non-hydrogen) atoms. The van der Waals surface area contributed by atoms with Crippen molar-refractivity contribution in [2.45, 2.75) is 63.8 Å². The van der Waals surface area contributed by atoms with E-state index in [0.29, 0.717) is 24.8 Å². The molecule has 6 heteroatoms. The monoisotopic (exact) mass is 392 g/mol. The van der Waals surface area contributed by atoms with E-state index in [1.165, 1.54) is 12.2 Å². The van der Waals surface area contributed by atoms with Crippen LogP contribution in [0.2, 0.25) is 0 Å². The van der Waals surface area contributed by atoms with E-state index in [-0.39, 0.29) is 18.1 Å². The Morgan fingerprint density at radius 1 is 1.32 bits per heavy atom. The van der Waals surface area contributed by atoms with Crippen molar-refractivity contribution in [2.75, 3.05) is 6.61 Å². The molecule has 0 aliphatic heterocycles. The summed E-state index contributed by atoms with van der Waals surface area (Å²) in [5.74, 6) is -2.12. The fourth-order valence-corrected chi connectivity index (χ4v) is 7.26. The topological polar surface area (TPSA) is 94.8 Å². The SMILES string of the molecule is C[C@H]1C[C@H]2[C@@H]3CCC4=CC(=O)C=C[C@]4(C)[C@@]3(F)[C@H](O)C[C@]2(C)[C@]1(O)C(=O)CO. The summed E-state index contributed by atoms with van der Waals surface area (Å²) >= 11 is 0. The molecular weight excluding hydrogens is 363 g/mol. The van der Waals surface area contributed by atoms with E-state index in [1.54, 1.807) is 26.8 Å². The Bertz CT molecular complexity index is 805. The van der Waals surface area contributed by atoms with Crippen LogP contribution in [0.25, 0.3) is 0 Å². The minimum absolute atomic E-state index is 0.0676. The van der Waals surface area contributed by atoms with Gasteiger partial charge in [0.2, 0.25) is 0 Å². The molecule has 3 saturated carbocycles. The zero-order valence-electron chi connectivity index (χ0n) is 16.6. The maximum absolute atomic E-state index is 16.9. The van der Waals surface area contributed by atoms with Crippen LogP contribution in [0.3, 0.4) is 0 Å². The Balaban J connectivity index is 1.84. The van der Waals surface area contributed by atoms with Crippen molar-refractivity contribution in [3.63, 3.8) is 0 Å². The number of Topliss-reactive ketones (excluding diaryl/α,β-unsaturated/α-hetero) is 1. The first kappa shape index (κ1) is 19.9. The van der Waals surface area contributed by atoms with Gasteiger partial charge in [0.05, 0.1) is 6.10 Å².